The zero-order valence-corrected chi connectivity index (χ0v) is 8.03. The number of hydrogen-bond acceptors (Lipinski definition) is 3. The van der Waals surface area contributed by atoms with Crippen LogP contribution in [0.4, 0.5) is 0 Å². The average Bonchev–Trinajstić information content (AvgIpc) is 2.67. The van der Waals surface area contributed by atoms with Gasteiger partial charge in [-0.25, -0.2) is 0 Å². The van der Waals surface area contributed by atoms with Gasteiger partial charge in [-0.3, -0.25) is 9.59 Å². The Bertz CT molecular complexity index is 267. The molecule has 0 bridgehead atoms. The highest BCUT2D eigenvalue weighted by Crippen LogP contribution is 2.13. The van der Waals surface area contributed by atoms with Gasteiger partial charge in [0.2, 0.25) is 11.8 Å². The van der Waals surface area contributed by atoms with Crippen LogP contribution in [0.2, 0.25) is 0 Å². The lowest BCUT2D eigenvalue weighted by Crippen LogP contribution is -2.42. The Labute approximate surface area is 82.6 Å². The molecule has 2 saturated heterocycles. The van der Waals surface area contributed by atoms with Crippen LogP contribution in [-0.2, 0) is 9.59 Å². The van der Waals surface area contributed by atoms with Gasteiger partial charge in [-0.15, -0.1) is 0 Å². The molecular weight excluding hydrogens is 182 g/mol. The molecule has 0 aromatic carbocycles. The Morgan fingerprint density at radius 1 is 1.43 bits per heavy atom. The molecule has 2 fully saturated rings. The molecule has 0 aromatic rings. The summed E-state index contributed by atoms with van der Waals surface area (Å²) in [6.45, 7) is 1.35. The maximum atomic E-state index is 11.5. The first-order chi connectivity index (χ1) is 6.66. The van der Waals surface area contributed by atoms with Crippen LogP contribution in [0.5, 0.6) is 0 Å². The summed E-state index contributed by atoms with van der Waals surface area (Å²) in [6.07, 6.45) is 2.15. The van der Waals surface area contributed by atoms with Crippen LogP contribution < -0.4 is 11.1 Å². The van der Waals surface area contributed by atoms with Crippen molar-refractivity contribution in [2.45, 2.75) is 31.3 Å². The van der Waals surface area contributed by atoms with E-state index >= 15 is 0 Å². The van der Waals surface area contributed by atoms with Crippen LogP contribution in [0.15, 0.2) is 0 Å². The summed E-state index contributed by atoms with van der Waals surface area (Å²) < 4.78 is 0. The van der Waals surface area contributed by atoms with Crippen molar-refractivity contribution < 1.29 is 9.59 Å². The van der Waals surface area contributed by atoms with Crippen LogP contribution in [0.1, 0.15) is 19.3 Å². The quantitative estimate of drug-likeness (QED) is 0.585. The third-order valence-electron chi connectivity index (χ3n) is 2.86. The lowest BCUT2D eigenvalue weighted by molar-refractivity contribution is -0.129. The highest BCUT2D eigenvalue weighted by Gasteiger charge is 2.31. The third-order valence-corrected chi connectivity index (χ3v) is 2.86. The summed E-state index contributed by atoms with van der Waals surface area (Å²) in [4.78, 5) is 24.1. The van der Waals surface area contributed by atoms with Gasteiger partial charge in [0.25, 0.3) is 0 Å². The number of amides is 2. The van der Waals surface area contributed by atoms with E-state index in [1.807, 2.05) is 0 Å². The first-order valence-electron chi connectivity index (χ1n) is 5.00. The van der Waals surface area contributed by atoms with E-state index in [1.165, 1.54) is 0 Å². The van der Waals surface area contributed by atoms with Gasteiger partial charge < -0.3 is 16.0 Å². The molecule has 14 heavy (non-hydrogen) atoms. The summed E-state index contributed by atoms with van der Waals surface area (Å²) in [6, 6.07) is -0.191. The molecule has 2 unspecified atom stereocenters. The summed E-state index contributed by atoms with van der Waals surface area (Å²) in [7, 11) is 0. The highest BCUT2D eigenvalue weighted by atomic mass is 16.2. The lowest BCUT2D eigenvalue weighted by Gasteiger charge is -2.20. The van der Waals surface area contributed by atoms with Crippen LogP contribution in [0.25, 0.3) is 0 Å². The summed E-state index contributed by atoms with van der Waals surface area (Å²) in [5.74, 6) is 0.108. The first kappa shape index (κ1) is 9.45. The van der Waals surface area contributed by atoms with E-state index in [-0.39, 0.29) is 23.9 Å². The molecule has 2 aliphatic rings. The van der Waals surface area contributed by atoms with E-state index in [0.29, 0.717) is 13.0 Å². The van der Waals surface area contributed by atoms with Crippen LogP contribution in [0, 0.1) is 0 Å². The van der Waals surface area contributed by atoms with E-state index in [0.717, 1.165) is 19.4 Å². The molecule has 0 radical (unpaired) electrons. The molecule has 2 amide bonds. The van der Waals surface area contributed by atoms with Crippen LogP contribution in [-0.4, -0.2) is 41.9 Å². The molecule has 2 atom stereocenters. The molecule has 0 aliphatic carbocycles. The number of hydrogen-bond donors (Lipinski definition) is 2. The SMILES string of the molecule is NC1CCN(CC2CCC(=O)N2)C1=O. The van der Waals surface area contributed by atoms with Gasteiger partial charge >= 0.3 is 0 Å². The number of nitrogens with two attached hydrogens (primary N) is 1. The van der Waals surface area contributed by atoms with E-state index in [1.54, 1.807) is 4.90 Å². The molecule has 0 aromatic heterocycles. The first-order valence-corrected chi connectivity index (χ1v) is 5.00. The normalized spacial score (nSPS) is 32.5. The topological polar surface area (TPSA) is 75.4 Å². The van der Waals surface area contributed by atoms with Gasteiger partial charge in [0.15, 0.2) is 0 Å². The van der Waals surface area contributed by atoms with Gasteiger partial charge in [-0.1, -0.05) is 0 Å². The molecule has 5 heteroatoms. The highest BCUT2D eigenvalue weighted by molar-refractivity contribution is 5.84. The van der Waals surface area contributed by atoms with Gasteiger partial charge in [0.05, 0.1) is 6.04 Å². The Kier molecular flexibility index (Phi) is 2.41. The standard InChI is InChI=1S/C9H15N3O2/c10-7-3-4-12(9(7)14)5-6-1-2-8(13)11-6/h6-7H,1-5,10H2,(H,11,13). The van der Waals surface area contributed by atoms with Gasteiger partial charge in [0, 0.05) is 25.6 Å². The van der Waals surface area contributed by atoms with Crippen molar-refractivity contribution >= 4 is 11.8 Å². The zero-order valence-electron chi connectivity index (χ0n) is 8.03. The van der Waals surface area contributed by atoms with Gasteiger partial charge in [-0.05, 0) is 12.8 Å². The average molecular weight is 197 g/mol. The van der Waals surface area contributed by atoms with Gasteiger partial charge in [0.1, 0.15) is 0 Å². The zero-order chi connectivity index (χ0) is 10.1. The number of carbonyl (C=O) groups is 2. The van der Waals surface area contributed by atoms with E-state index in [9.17, 15) is 9.59 Å². The van der Waals surface area contributed by atoms with Crippen molar-refractivity contribution in [3.8, 4) is 0 Å². The summed E-state index contributed by atoms with van der Waals surface area (Å²) in [5.41, 5.74) is 5.59. The fraction of sp³-hybridized carbons (Fsp3) is 0.778. The molecule has 5 nitrogen and oxygen atoms in total. The Morgan fingerprint density at radius 2 is 2.21 bits per heavy atom. The minimum Gasteiger partial charge on any atom is -0.352 e. The lowest BCUT2D eigenvalue weighted by atomic mass is 10.2. The smallest absolute Gasteiger partial charge is 0.239 e. The number of nitrogens with one attached hydrogen (secondary N) is 1. The minimum atomic E-state index is -0.327. The predicted octanol–water partition coefficient (Wildman–Crippen LogP) is -1.18. The molecule has 2 aliphatic heterocycles. The third kappa shape index (κ3) is 1.72. The maximum absolute atomic E-state index is 11.5. The molecule has 2 heterocycles. The minimum absolute atomic E-state index is 0.0196. The van der Waals surface area contributed by atoms with E-state index in [2.05, 4.69) is 5.32 Å². The van der Waals surface area contributed by atoms with Crippen molar-refractivity contribution in [3.63, 3.8) is 0 Å². The van der Waals surface area contributed by atoms with Crippen molar-refractivity contribution in [2.24, 2.45) is 5.73 Å². The van der Waals surface area contributed by atoms with Crippen molar-refractivity contribution in [2.75, 3.05) is 13.1 Å². The maximum Gasteiger partial charge on any atom is 0.239 e. The second-order valence-electron chi connectivity index (χ2n) is 3.98. The summed E-state index contributed by atoms with van der Waals surface area (Å²) in [5, 5.41) is 2.84. The Morgan fingerprint density at radius 3 is 2.71 bits per heavy atom. The molecule has 0 spiro atoms. The largest absolute Gasteiger partial charge is 0.352 e. The predicted molar refractivity (Wildman–Crippen MR) is 50.3 cm³/mol. The Balaban J connectivity index is 1.86. The number of nitrogens with zero attached hydrogens (tertiary/aromatic N) is 1. The molecule has 3 N–H and O–H groups in total. The molecule has 2 rings (SSSR count). The second kappa shape index (κ2) is 3.57. The van der Waals surface area contributed by atoms with E-state index < -0.39 is 0 Å². The van der Waals surface area contributed by atoms with Crippen molar-refractivity contribution in [1.82, 2.24) is 10.2 Å². The van der Waals surface area contributed by atoms with E-state index in [4.69, 9.17) is 5.73 Å². The second-order valence-corrected chi connectivity index (χ2v) is 3.98. The summed E-state index contributed by atoms with van der Waals surface area (Å²) >= 11 is 0. The molecule has 0 saturated carbocycles. The van der Waals surface area contributed by atoms with Crippen LogP contribution in [0.3, 0.4) is 0 Å². The monoisotopic (exact) mass is 197 g/mol. The molecule has 78 valence electrons. The fourth-order valence-electron chi connectivity index (χ4n) is 2.02. The van der Waals surface area contributed by atoms with Crippen LogP contribution >= 0.6 is 0 Å². The number of carbonyl (C=O) groups excluding carboxylic acids is 2. The van der Waals surface area contributed by atoms with Crippen molar-refractivity contribution in [3.05, 3.63) is 0 Å². The molecular formula is C9H15N3O2. The fourth-order valence-corrected chi connectivity index (χ4v) is 2.02. The number of rotatable bonds is 2. The van der Waals surface area contributed by atoms with Crippen molar-refractivity contribution in [1.29, 1.82) is 0 Å². The van der Waals surface area contributed by atoms with Gasteiger partial charge in [-0.2, -0.15) is 0 Å². The Hall–Kier alpha value is -1.10. The number of likely N-dealkylation sites (tertiary alicyclic amines) is 1.